The highest BCUT2D eigenvalue weighted by molar-refractivity contribution is 6.04. The first-order valence-corrected chi connectivity index (χ1v) is 10.4. The van der Waals surface area contributed by atoms with E-state index in [0.29, 0.717) is 12.2 Å². The average Bonchev–Trinajstić information content (AvgIpc) is 3.07. The van der Waals surface area contributed by atoms with Gasteiger partial charge in [-0.25, -0.2) is 0 Å². The van der Waals surface area contributed by atoms with E-state index in [9.17, 15) is 4.79 Å². The molecule has 4 nitrogen and oxygen atoms in total. The van der Waals surface area contributed by atoms with Crippen LogP contribution in [0.15, 0.2) is 66.7 Å². The number of hydrogen-bond acceptors (Lipinski definition) is 3. The molecule has 4 rings (SSSR count). The van der Waals surface area contributed by atoms with Crippen molar-refractivity contribution in [3.63, 3.8) is 0 Å². The summed E-state index contributed by atoms with van der Waals surface area (Å²) in [6.07, 6.45) is 1.75. The molecule has 0 saturated carbocycles. The van der Waals surface area contributed by atoms with Crippen LogP contribution in [0.2, 0.25) is 0 Å². The van der Waals surface area contributed by atoms with E-state index in [0.717, 1.165) is 41.2 Å². The van der Waals surface area contributed by atoms with Crippen molar-refractivity contribution in [3.8, 4) is 11.5 Å². The molecule has 4 heteroatoms. The molecule has 3 aromatic carbocycles. The number of anilines is 1. The number of fused-ring (bicyclic) bond motifs is 1. The van der Waals surface area contributed by atoms with Crippen molar-refractivity contribution in [2.75, 3.05) is 5.32 Å². The average molecular weight is 402 g/mol. The Morgan fingerprint density at radius 3 is 2.57 bits per heavy atom. The van der Waals surface area contributed by atoms with Gasteiger partial charge >= 0.3 is 0 Å². The van der Waals surface area contributed by atoms with Gasteiger partial charge in [0.25, 0.3) is 5.91 Å². The molecule has 30 heavy (non-hydrogen) atoms. The molecule has 1 N–H and O–H groups in total. The largest absolute Gasteiger partial charge is 0.485 e. The molecule has 1 aliphatic rings. The highest BCUT2D eigenvalue weighted by Crippen LogP contribution is 2.41. The standard InChI is InChI=1S/C26H27NO3/c1-4-19-8-5-6-10-22(19)27-25(28)20-14-12-18(13-15-20)17-29-23-11-7-9-21-16-26(2,3)30-24(21)23/h5-15H,4,16-17H2,1-3H3,(H,27,28). The van der Waals surface area contributed by atoms with Crippen molar-refractivity contribution in [2.24, 2.45) is 0 Å². The van der Waals surface area contributed by atoms with Crippen LogP contribution in [0.25, 0.3) is 0 Å². The van der Waals surface area contributed by atoms with Crippen LogP contribution in [-0.4, -0.2) is 11.5 Å². The number of amides is 1. The zero-order valence-corrected chi connectivity index (χ0v) is 17.7. The van der Waals surface area contributed by atoms with Crippen LogP contribution in [-0.2, 0) is 19.4 Å². The summed E-state index contributed by atoms with van der Waals surface area (Å²) in [5, 5.41) is 3.00. The molecular weight excluding hydrogens is 374 g/mol. The van der Waals surface area contributed by atoms with Crippen molar-refractivity contribution < 1.29 is 14.3 Å². The third kappa shape index (κ3) is 4.33. The Hall–Kier alpha value is -3.27. The molecular formula is C26H27NO3. The molecule has 1 amide bonds. The first-order valence-electron chi connectivity index (χ1n) is 10.4. The maximum atomic E-state index is 12.6. The summed E-state index contributed by atoms with van der Waals surface area (Å²) in [4.78, 5) is 12.6. The van der Waals surface area contributed by atoms with Gasteiger partial charge in [0.1, 0.15) is 12.2 Å². The van der Waals surface area contributed by atoms with Crippen LogP contribution in [0.4, 0.5) is 5.69 Å². The lowest BCUT2D eigenvalue weighted by atomic mass is 10.0. The number of hydrogen-bond donors (Lipinski definition) is 1. The molecule has 3 aromatic rings. The molecule has 0 unspecified atom stereocenters. The Kier molecular flexibility index (Phi) is 5.49. The smallest absolute Gasteiger partial charge is 0.255 e. The quantitative estimate of drug-likeness (QED) is 0.568. The Balaban J connectivity index is 1.40. The van der Waals surface area contributed by atoms with Gasteiger partial charge in [0, 0.05) is 23.2 Å². The number of benzene rings is 3. The van der Waals surface area contributed by atoms with Gasteiger partial charge in [-0.15, -0.1) is 0 Å². The minimum Gasteiger partial charge on any atom is -0.485 e. The van der Waals surface area contributed by atoms with Crippen molar-refractivity contribution in [1.82, 2.24) is 0 Å². The second kappa shape index (κ2) is 8.23. The van der Waals surface area contributed by atoms with E-state index >= 15 is 0 Å². The van der Waals surface area contributed by atoms with Crippen LogP contribution in [0.3, 0.4) is 0 Å². The molecule has 0 aliphatic carbocycles. The van der Waals surface area contributed by atoms with E-state index in [-0.39, 0.29) is 11.5 Å². The molecule has 0 bridgehead atoms. The number of aryl methyl sites for hydroxylation is 1. The monoisotopic (exact) mass is 401 g/mol. The fourth-order valence-corrected chi connectivity index (χ4v) is 3.76. The fourth-order valence-electron chi connectivity index (χ4n) is 3.76. The molecule has 0 aromatic heterocycles. The summed E-state index contributed by atoms with van der Waals surface area (Å²) in [6, 6.07) is 21.4. The number of nitrogens with one attached hydrogen (secondary N) is 1. The Morgan fingerprint density at radius 1 is 1.03 bits per heavy atom. The zero-order valence-electron chi connectivity index (χ0n) is 17.7. The van der Waals surface area contributed by atoms with Crippen molar-refractivity contribution in [1.29, 1.82) is 0 Å². The van der Waals surface area contributed by atoms with E-state index in [1.165, 1.54) is 5.56 Å². The summed E-state index contributed by atoms with van der Waals surface area (Å²) in [5.74, 6) is 1.49. The SMILES string of the molecule is CCc1ccccc1NC(=O)c1ccc(COc2cccc3c2OC(C)(C)C3)cc1. The molecule has 0 spiro atoms. The third-order valence-electron chi connectivity index (χ3n) is 5.31. The van der Waals surface area contributed by atoms with E-state index in [1.54, 1.807) is 0 Å². The van der Waals surface area contributed by atoms with Gasteiger partial charge in [0.05, 0.1) is 0 Å². The van der Waals surface area contributed by atoms with Crippen molar-refractivity contribution >= 4 is 11.6 Å². The Bertz CT molecular complexity index is 1050. The lowest BCUT2D eigenvalue weighted by Gasteiger charge is -2.18. The van der Waals surface area contributed by atoms with Crippen LogP contribution < -0.4 is 14.8 Å². The highest BCUT2D eigenvalue weighted by atomic mass is 16.5. The van der Waals surface area contributed by atoms with Gasteiger partial charge in [0.2, 0.25) is 0 Å². The van der Waals surface area contributed by atoms with E-state index in [2.05, 4.69) is 32.2 Å². The molecule has 0 fully saturated rings. The maximum absolute atomic E-state index is 12.6. The van der Waals surface area contributed by atoms with Gasteiger partial charge in [-0.3, -0.25) is 4.79 Å². The lowest BCUT2D eigenvalue weighted by molar-refractivity contribution is 0.102. The predicted octanol–water partition coefficient (Wildman–Crippen LogP) is 5.79. The summed E-state index contributed by atoms with van der Waals surface area (Å²) in [5.41, 5.74) is 4.57. The molecule has 0 saturated heterocycles. The summed E-state index contributed by atoms with van der Waals surface area (Å²) >= 11 is 0. The van der Waals surface area contributed by atoms with E-state index in [4.69, 9.17) is 9.47 Å². The second-order valence-corrected chi connectivity index (χ2v) is 8.23. The molecule has 1 heterocycles. The predicted molar refractivity (Wildman–Crippen MR) is 119 cm³/mol. The van der Waals surface area contributed by atoms with Gasteiger partial charge in [-0.2, -0.15) is 0 Å². The van der Waals surface area contributed by atoms with Crippen LogP contribution in [0, 0.1) is 0 Å². The topological polar surface area (TPSA) is 47.6 Å². The number of carbonyl (C=O) groups is 1. The van der Waals surface area contributed by atoms with Crippen molar-refractivity contribution in [3.05, 3.63) is 89.0 Å². The summed E-state index contributed by atoms with van der Waals surface area (Å²) < 4.78 is 12.1. The minimum absolute atomic E-state index is 0.111. The first-order chi connectivity index (χ1) is 14.4. The first kappa shape index (κ1) is 20.0. The number of ether oxygens (including phenoxy) is 2. The fraction of sp³-hybridized carbons (Fsp3) is 0.269. The van der Waals surface area contributed by atoms with E-state index < -0.39 is 0 Å². The summed E-state index contributed by atoms with van der Waals surface area (Å²) in [6.45, 7) is 6.66. The lowest BCUT2D eigenvalue weighted by Crippen LogP contribution is -2.24. The van der Waals surface area contributed by atoms with Gasteiger partial charge in [0.15, 0.2) is 11.5 Å². The van der Waals surface area contributed by atoms with Crippen molar-refractivity contribution in [2.45, 2.75) is 45.8 Å². The number of rotatable bonds is 6. The van der Waals surface area contributed by atoms with Crippen LogP contribution in [0.1, 0.15) is 47.8 Å². The highest BCUT2D eigenvalue weighted by Gasteiger charge is 2.32. The second-order valence-electron chi connectivity index (χ2n) is 8.23. The minimum atomic E-state index is -0.201. The normalized spacial score (nSPS) is 14.0. The molecule has 0 radical (unpaired) electrons. The molecule has 154 valence electrons. The Labute approximate surface area is 177 Å². The molecule has 1 aliphatic heterocycles. The van der Waals surface area contributed by atoms with Crippen LogP contribution >= 0.6 is 0 Å². The summed E-state index contributed by atoms with van der Waals surface area (Å²) in [7, 11) is 0. The zero-order chi connectivity index (χ0) is 21.1. The number of carbonyl (C=O) groups excluding carboxylic acids is 1. The maximum Gasteiger partial charge on any atom is 0.255 e. The number of para-hydroxylation sites is 2. The Morgan fingerprint density at radius 2 is 1.80 bits per heavy atom. The van der Waals surface area contributed by atoms with Gasteiger partial charge in [-0.05, 0) is 55.7 Å². The molecule has 0 atom stereocenters. The van der Waals surface area contributed by atoms with Crippen LogP contribution in [0.5, 0.6) is 11.5 Å². The van der Waals surface area contributed by atoms with E-state index in [1.807, 2.05) is 60.7 Å². The van der Waals surface area contributed by atoms with Gasteiger partial charge in [-0.1, -0.05) is 49.4 Å². The third-order valence-corrected chi connectivity index (χ3v) is 5.31. The van der Waals surface area contributed by atoms with Gasteiger partial charge < -0.3 is 14.8 Å².